The van der Waals surface area contributed by atoms with Crippen molar-refractivity contribution in [1.29, 1.82) is 0 Å². The van der Waals surface area contributed by atoms with Crippen molar-refractivity contribution in [1.82, 2.24) is 15.9 Å². The summed E-state index contributed by atoms with van der Waals surface area (Å²) < 4.78 is 9.48. The molecule has 0 aliphatic carbocycles. The van der Waals surface area contributed by atoms with Crippen LogP contribution < -0.4 is 21.6 Å². The van der Waals surface area contributed by atoms with Crippen LogP contribution in [0.1, 0.15) is 26.7 Å². The van der Waals surface area contributed by atoms with Crippen LogP contribution in [0.2, 0.25) is 6.82 Å². The minimum absolute atomic E-state index is 0.0427. The third-order valence-electron chi connectivity index (χ3n) is 3.31. The summed E-state index contributed by atoms with van der Waals surface area (Å²) in [5, 5.41) is 33.8. The second kappa shape index (κ2) is 19.7. The molecule has 0 saturated carbocycles. The van der Waals surface area contributed by atoms with Gasteiger partial charge in [-0.15, -0.1) is 0 Å². The molecule has 2 amide bonds. The summed E-state index contributed by atoms with van der Waals surface area (Å²) in [6.07, 6.45) is 0.359. The molecule has 31 heavy (non-hydrogen) atoms. The van der Waals surface area contributed by atoms with Gasteiger partial charge in [-0.05, 0) is 13.4 Å². The number of aliphatic hydroxyl groups is 2. The summed E-state index contributed by atoms with van der Waals surface area (Å²) in [4.78, 5) is 43.6. The molecule has 0 aliphatic rings. The van der Waals surface area contributed by atoms with Crippen molar-refractivity contribution in [2.45, 2.75) is 45.6 Å². The SMILES string of the molecule is CB(O)NCCC(=O)NC(CO)CO.CC(=O)OCC(COC(C)=O)NC(=O)CCN. The molecule has 8 N–H and O–H groups in total. The Morgan fingerprint density at radius 2 is 1.35 bits per heavy atom. The van der Waals surface area contributed by atoms with Crippen molar-refractivity contribution in [2.24, 2.45) is 5.73 Å². The average Bonchev–Trinajstić information content (AvgIpc) is 2.68. The lowest BCUT2D eigenvalue weighted by Crippen LogP contribution is -2.42. The van der Waals surface area contributed by atoms with E-state index in [4.69, 9.17) is 30.4 Å². The number of aliphatic hydroxyl groups excluding tert-OH is 2. The Labute approximate surface area is 182 Å². The van der Waals surface area contributed by atoms with Gasteiger partial charge < -0.3 is 46.3 Å². The number of carbonyl (C=O) groups excluding carboxylic acids is 4. The van der Waals surface area contributed by atoms with Crippen LogP contribution in [0.25, 0.3) is 0 Å². The molecule has 0 saturated heterocycles. The van der Waals surface area contributed by atoms with Gasteiger partial charge >= 0.3 is 19.0 Å². The van der Waals surface area contributed by atoms with Gasteiger partial charge in [0.15, 0.2) is 0 Å². The normalized spacial score (nSPS) is 10.1. The molecule has 14 heteroatoms. The van der Waals surface area contributed by atoms with E-state index in [2.05, 4.69) is 15.9 Å². The first-order valence-electron chi connectivity index (χ1n) is 9.74. The summed E-state index contributed by atoms with van der Waals surface area (Å²) >= 11 is 0. The third kappa shape index (κ3) is 22.3. The highest BCUT2D eigenvalue weighted by Gasteiger charge is 2.15. The maximum absolute atomic E-state index is 11.3. The summed E-state index contributed by atoms with van der Waals surface area (Å²) in [6.45, 7) is 3.99. The van der Waals surface area contributed by atoms with Crippen LogP contribution in [-0.4, -0.2) is 97.6 Å². The van der Waals surface area contributed by atoms with E-state index >= 15 is 0 Å². The van der Waals surface area contributed by atoms with E-state index in [-0.39, 0.29) is 57.6 Å². The molecule has 0 fully saturated rings. The largest absolute Gasteiger partial charge is 0.464 e. The third-order valence-corrected chi connectivity index (χ3v) is 3.31. The van der Waals surface area contributed by atoms with Crippen molar-refractivity contribution in [3.05, 3.63) is 0 Å². The van der Waals surface area contributed by atoms with Crippen LogP contribution in [0.3, 0.4) is 0 Å². The van der Waals surface area contributed by atoms with Crippen molar-refractivity contribution >= 4 is 30.8 Å². The monoisotopic (exact) mass is 450 g/mol. The Morgan fingerprint density at radius 1 is 0.903 bits per heavy atom. The van der Waals surface area contributed by atoms with Gasteiger partial charge in [0, 0.05) is 33.2 Å². The van der Waals surface area contributed by atoms with E-state index in [0.29, 0.717) is 6.54 Å². The van der Waals surface area contributed by atoms with Gasteiger partial charge in [-0.2, -0.15) is 0 Å². The quantitative estimate of drug-likeness (QED) is 0.102. The standard InChI is InChI=1S/C10H18N2O5.C7H17BN2O4/c1-7(13)16-5-9(6-17-8(2)14)12-10(15)3-4-11;1-8(14)9-3-2-7(13)10-6(4-11)5-12/h9H,3-6,11H2,1-2H3,(H,12,15);6,9,11-12,14H,2-5H2,1H3,(H,10,13). The summed E-state index contributed by atoms with van der Waals surface area (Å²) in [6, 6.07) is -1.16. The number of hydrogen-bond donors (Lipinski definition) is 7. The van der Waals surface area contributed by atoms with Crippen molar-refractivity contribution in [3.63, 3.8) is 0 Å². The van der Waals surface area contributed by atoms with E-state index < -0.39 is 31.1 Å². The van der Waals surface area contributed by atoms with Crippen LogP contribution in [0.15, 0.2) is 0 Å². The summed E-state index contributed by atoms with van der Waals surface area (Å²) in [5.41, 5.74) is 5.22. The molecule has 0 aromatic heterocycles. The Balaban J connectivity index is 0. The van der Waals surface area contributed by atoms with E-state index in [1.54, 1.807) is 6.82 Å². The fourth-order valence-electron chi connectivity index (χ4n) is 1.84. The Hall–Kier alpha value is -2.26. The van der Waals surface area contributed by atoms with Gasteiger partial charge in [0.1, 0.15) is 13.2 Å². The first-order valence-corrected chi connectivity index (χ1v) is 9.74. The highest BCUT2D eigenvalue weighted by molar-refractivity contribution is 6.45. The maximum Gasteiger partial charge on any atom is 0.373 e. The molecule has 180 valence electrons. The second-order valence-corrected chi connectivity index (χ2v) is 6.42. The molecule has 0 bridgehead atoms. The molecule has 13 nitrogen and oxygen atoms in total. The molecule has 0 heterocycles. The number of ether oxygens (including phenoxy) is 2. The smallest absolute Gasteiger partial charge is 0.373 e. The number of rotatable bonds is 14. The molecule has 0 aromatic rings. The average molecular weight is 450 g/mol. The lowest BCUT2D eigenvalue weighted by atomic mass is 9.89. The molecule has 0 spiro atoms. The van der Waals surface area contributed by atoms with Crippen molar-refractivity contribution in [3.8, 4) is 0 Å². The second-order valence-electron chi connectivity index (χ2n) is 6.42. The number of amides is 2. The molecular formula is C17H35BN4O9. The van der Waals surface area contributed by atoms with Gasteiger partial charge in [-0.25, -0.2) is 0 Å². The number of esters is 2. The lowest BCUT2D eigenvalue weighted by Gasteiger charge is -2.17. The van der Waals surface area contributed by atoms with Crippen LogP contribution in [-0.2, 0) is 28.7 Å². The van der Waals surface area contributed by atoms with Crippen LogP contribution >= 0.6 is 0 Å². The highest BCUT2D eigenvalue weighted by atomic mass is 16.5. The summed E-state index contributed by atoms with van der Waals surface area (Å²) in [7, 11) is -0.644. The lowest BCUT2D eigenvalue weighted by molar-refractivity contribution is -0.146. The van der Waals surface area contributed by atoms with Crippen molar-refractivity contribution < 1.29 is 43.9 Å². The number of carbonyl (C=O) groups is 4. The molecule has 0 unspecified atom stereocenters. The molecule has 0 radical (unpaired) electrons. The fraction of sp³-hybridized carbons (Fsp3) is 0.765. The molecule has 0 atom stereocenters. The van der Waals surface area contributed by atoms with E-state index in [1.807, 2.05) is 0 Å². The van der Waals surface area contributed by atoms with Crippen LogP contribution in [0.5, 0.6) is 0 Å². The topological polar surface area (TPSA) is 210 Å². The molecule has 0 aromatic carbocycles. The van der Waals surface area contributed by atoms with Gasteiger partial charge in [-0.3, -0.25) is 19.2 Å². The van der Waals surface area contributed by atoms with Crippen LogP contribution in [0, 0.1) is 0 Å². The zero-order valence-electron chi connectivity index (χ0n) is 18.3. The van der Waals surface area contributed by atoms with E-state index in [9.17, 15) is 19.2 Å². The van der Waals surface area contributed by atoms with E-state index in [0.717, 1.165) is 0 Å². The first-order chi connectivity index (χ1) is 14.5. The van der Waals surface area contributed by atoms with E-state index in [1.165, 1.54) is 13.8 Å². The van der Waals surface area contributed by atoms with Crippen LogP contribution in [0.4, 0.5) is 0 Å². The van der Waals surface area contributed by atoms with Gasteiger partial charge in [0.05, 0.1) is 25.3 Å². The van der Waals surface area contributed by atoms with Gasteiger partial charge in [0.2, 0.25) is 11.8 Å². The van der Waals surface area contributed by atoms with Gasteiger partial charge in [0.25, 0.3) is 0 Å². The number of nitrogens with two attached hydrogens (primary N) is 1. The zero-order chi connectivity index (χ0) is 24.2. The minimum Gasteiger partial charge on any atom is -0.464 e. The number of hydrogen-bond acceptors (Lipinski definition) is 11. The first kappa shape index (κ1) is 30.9. The molecule has 0 aliphatic heterocycles. The molecular weight excluding hydrogens is 415 g/mol. The highest BCUT2D eigenvalue weighted by Crippen LogP contribution is 1.92. The predicted molar refractivity (Wildman–Crippen MR) is 111 cm³/mol. The zero-order valence-corrected chi connectivity index (χ0v) is 18.3. The minimum atomic E-state index is -0.644. The maximum atomic E-state index is 11.3. The molecule has 0 rings (SSSR count). The van der Waals surface area contributed by atoms with Gasteiger partial charge in [-0.1, -0.05) is 0 Å². The van der Waals surface area contributed by atoms with Crippen molar-refractivity contribution in [2.75, 3.05) is 39.5 Å². The Bertz CT molecular complexity index is 516. The number of nitrogens with one attached hydrogen (secondary N) is 3. The Kier molecular flexibility index (Phi) is 19.7. The Morgan fingerprint density at radius 3 is 1.74 bits per heavy atom. The summed E-state index contributed by atoms with van der Waals surface area (Å²) in [5.74, 6) is -1.49. The predicted octanol–water partition coefficient (Wildman–Crippen LogP) is -3.51. The fourth-order valence-corrected chi connectivity index (χ4v) is 1.84.